The Balaban J connectivity index is 4.22. The molecule has 0 spiro atoms. The van der Waals surface area contributed by atoms with E-state index in [1.807, 2.05) is 0 Å². The Kier molecular flexibility index (Phi) is 38.2. The van der Waals surface area contributed by atoms with E-state index in [0.717, 1.165) is 83.5 Å². The molecule has 0 aromatic heterocycles. The molecule has 0 N–H and O–H groups in total. The van der Waals surface area contributed by atoms with E-state index in [2.05, 4.69) is 62.5 Å². The van der Waals surface area contributed by atoms with Gasteiger partial charge in [0.25, 0.3) is 0 Å². The largest absolute Gasteiger partial charge is 0.544 e. The molecule has 0 bridgehead atoms. The van der Waals surface area contributed by atoms with Crippen LogP contribution in [-0.4, -0.2) is 75.5 Å². The highest BCUT2D eigenvalue weighted by atomic mass is 16.6. The minimum atomic E-state index is -1.13. The van der Waals surface area contributed by atoms with E-state index in [9.17, 15) is 19.5 Å². The highest BCUT2D eigenvalue weighted by Crippen LogP contribution is 2.15. The second-order valence-corrected chi connectivity index (χ2v) is 16.6. The van der Waals surface area contributed by atoms with Gasteiger partial charge in [0.1, 0.15) is 12.6 Å². The fourth-order valence-corrected chi connectivity index (χ4v) is 6.68. The molecule has 0 saturated heterocycles. The van der Waals surface area contributed by atoms with Crippen LogP contribution in [0.5, 0.6) is 0 Å². The quantitative estimate of drug-likeness (QED) is 0.0262. The lowest BCUT2D eigenvalue weighted by Crippen LogP contribution is -2.55. The summed E-state index contributed by atoms with van der Waals surface area (Å²) in [4.78, 5) is 36.9. The van der Waals surface area contributed by atoms with E-state index in [4.69, 9.17) is 14.2 Å². The monoisotopic (exact) mass is 802 g/mol. The van der Waals surface area contributed by atoms with Crippen molar-refractivity contribution >= 4 is 17.9 Å². The van der Waals surface area contributed by atoms with Crippen molar-refractivity contribution in [2.75, 3.05) is 41.0 Å². The van der Waals surface area contributed by atoms with E-state index in [1.165, 1.54) is 77.0 Å². The normalized spacial score (nSPS) is 13.4. The van der Waals surface area contributed by atoms with Crippen molar-refractivity contribution in [2.45, 2.75) is 206 Å². The zero-order valence-corrected chi connectivity index (χ0v) is 37.5. The number of aliphatic carboxylic acids is 1. The molecule has 2 unspecified atom stereocenters. The number of likely N-dealkylation sites (N-methyl/N-ethyl adjacent to an activating group) is 1. The van der Waals surface area contributed by atoms with Gasteiger partial charge >= 0.3 is 11.9 Å². The minimum absolute atomic E-state index is 0.0352. The van der Waals surface area contributed by atoms with Crippen LogP contribution in [0.15, 0.2) is 48.6 Å². The number of carbonyl (C=O) groups excluding carboxylic acids is 3. The van der Waals surface area contributed by atoms with Gasteiger partial charge in [-0.05, 0) is 64.2 Å². The van der Waals surface area contributed by atoms with Crippen molar-refractivity contribution in [1.29, 1.82) is 0 Å². The summed E-state index contributed by atoms with van der Waals surface area (Å²) in [6.07, 6.45) is 47.2. The van der Waals surface area contributed by atoms with Gasteiger partial charge in [0.05, 0.1) is 40.3 Å². The molecule has 0 rings (SSSR count). The Bertz CT molecular complexity index is 1070. The molecule has 330 valence electrons. The minimum Gasteiger partial charge on any atom is -0.544 e. The van der Waals surface area contributed by atoms with Crippen LogP contribution < -0.4 is 5.11 Å². The van der Waals surface area contributed by atoms with Gasteiger partial charge in [-0.15, -0.1) is 0 Å². The molecule has 0 radical (unpaired) electrons. The number of allylic oxidation sites excluding steroid dienone is 8. The number of nitrogens with zero attached hydrogens (tertiary/aromatic N) is 1. The number of carboxylic acids is 1. The molecule has 8 nitrogen and oxygen atoms in total. The van der Waals surface area contributed by atoms with Crippen LogP contribution in [0.2, 0.25) is 0 Å². The lowest BCUT2D eigenvalue weighted by molar-refractivity contribution is -0.889. The summed E-state index contributed by atoms with van der Waals surface area (Å²) in [5, 5.41) is 11.6. The number of rotatable bonds is 41. The van der Waals surface area contributed by atoms with E-state index in [-0.39, 0.29) is 42.7 Å². The molecular weight excluding hydrogens is 715 g/mol. The van der Waals surface area contributed by atoms with Crippen molar-refractivity contribution in [1.82, 2.24) is 0 Å². The average molecular weight is 802 g/mol. The molecule has 0 aromatic rings. The highest BCUT2D eigenvalue weighted by molar-refractivity contribution is 5.70. The van der Waals surface area contributed by atoms with Crippen LogP contribution in [-0.2, 0) is 28.6 Å². The molecule has 0 amide bonds. The zero-order chi connectivity index (χ0) is 42.1. The van der Waals surface area contributed by atoms with Crippen molar-refractivity contribution in [3.8, 4) is 0 Å². The molecule has 0 aliphatic rings. The number of hydrogen-bond donors (Lipinski definition) is 0. The number of carboxylic acid groups (broad SMARTS) is 1. The van der Waals surface area contributed by atoms with Crippen LogP contribution in [0.25, 0.3) is 0 Å². The Hall–Kier alpha value is -2.71. The number of hydrogen-bond acceptors (Lipinski definition) is 7. The fraction of sp³-hybridized carbons (Fsp3) is 0.776. The summed E-state index contributed by atoms with van der Waals surface area (Å²) in [7, 11) is 5.40. The fourth-order valence-electron chi connectivity index (χ4n) is 6.68. The molecule has 0 aromatic carbocycles. The third-order valence-corrected chi connectivity index (χ3v) is 10.2. The van der Waals surface area contributed by atoms with Gasteiger partial charge in [0, 0.05) is 19.3 Å². The van der Waals surface area contributed by atoms with Crippen molar-refractivity contribution in [3.05, 3.63) is 48.6 Å². The van der Waals surface area contributed by atoms with E-state index >= 15 is 0 Å². The van der Waals surface area contributed by atoms with Crippen LogP contribution in [0.4, 0.5) is 0 Å². The van der Waals surface area contributed by atoms with Gasteiger partial charge in [-0.2, -0.15) is 0 Å². The topological polar surface area (TPSA) is 102 Å². The highest BCUT2D eigenvalue weighted by Gasteiger charge is 2.25. The maximum Gasteiger partial charge on any atom is 0.306 e. The summed E-state index contributed by atoms with van der Waals surface area (Å²) in [6, 6.07) is -0.728. The van der Waals surface area contributed by atoms with E-state index in [1.54, 1.807) is 21.1 Å². The van der Waals surface area contributed by atoms with Gasteiger partial charge in [0.2, 0.25) is 0 Å². The number of unbranched alkanes of at least 4 members (excludes halogenated alkanes) is 19. The van der Waals surface area contributed by atoms with Gasteiger partial charge in [-0.1, -0.05) is 159 Å². The summed E-state index contributed by atoms with van der Waals surface area (Å²) >= 11 is 0. The second-order valence-electron chi connectivity index (χ2n) is 16.6. The van der Waals surface area contributed by atoms with Crippen LogP contribution >= 0.6 is 0 Å². The number of ether oxygens (including phenoxy) is 3. The maximum absolute atomic E-state index is 12.7. The molecule has 0 aliphatic heterocycles. The van der Waals surface area contributed by atoms with Gasteiger partial charge in [-0.3, -0.25) is 9.59 Å². The predicted molar refractivity (Wildman–Crippen MR) is 236 cm³/mol. The molecule has 0 aliphatic carbocycles. The molecule has 0 heterocycles. The van der Waals surface area contributed by atoms with Crippen molar-refractivity contribution < 1.29 is 38.2 Å². The molecule has 0 saturated carbocycles. The predicted octanol–water partition coefficient (Wildman–Crippen LogP) is 11.5. The summed E-state index contributed by atoms with van der Waals surface area (Å²) in [5.74, 6) is -1.75. The van der Waals surface area contributed by atoms with Crippen LogP contribution in [0, 0.1) is 0 Å². The van der Waals surface area contributed by atoms with Gasteiger partial charge in [0.15, 0.2) is 6.10 Å². The third-order valence-electron chi connectivity index (χ3n) is 10.2. The second kappa shape index (κ2) is 40.1. The lowest BCUT2D eigenvalue weighted by atomic mass is 10.0. The summed E-state index contributed by atoms with van der Waals surface area (Å²) < 4.78 is 17.2. The summed E-state index contributed by atoms with van der Waals surface area (Å²) in [5.41, 5.74) is 0. The maximum atomic E-state index is 12.7. The average Bonchev–Trinajstić information content (AvgIpc) is 3.17. The molecule has 0 fully saturated rings. The first-order chi connectivity index (χ1) is 27.6. The van der Waals surface area contributed by atoms with Crippen LogP contribution in [0.1, 0.15) is 194 Å². The number of carbonyl (C=O) groups is 3. The van der Waals surface area contributed by atoms with Crippen LogP contribution in [0.3, 0.4) is 0 Å². The van der Waals surface area contributed by atoms with E-state index < -0.39 is 18.1 Å². The van der Waals surface area contributed by atoms with Gasteiger partial charge in [-0.25, -0.2) is 0 Å². The lowest BCUT2D eigenvalue weighted by Gasteiger charge is -2.34. The van der Waals surface area contributed by atoms with Crippen molar-refractivity contribution in [2.24, 2.45) is 0 Å². The molecule has 57 heavy (non-hydrogen) atoms. The zero-order valence-electron chi connectivity index (χ0n) is 37.5. The number of quaternary nitrogens is 1. The SMILES string of the molecule is CC/C=C/C/C=C/CCCCCCCCCCCCCCCCC(=O)OCC(COCCC(C(=O)[O-])[N+](C)(C)C)OC(=O)CCCCCCC/C=C/C/C=C/CC. The van der Waals surface area contributed by atoms with Gasteiger partial charge < -0.3 is 28.6 Å². The Morgan fingerprint density at radius 2 is 0.930 bits per heavy atom. The Labute approximate surface area is 350 Å². The van der Waals surface area contributed by atoms with E-state index in [0.29, 0.717) is 12.8 Å². The Morgan fingerprint density at radius 3 is 1.35 bits per heavy atom. The third kappa shape index (κ3) is 38.6. The molecule has 2 atom stereocenters. The smallest absolute Gasteiger partial charge is 0.306 e. The first-order valence-electron chi connectivity index (χ1n) is 23.2. The first-order valence-corrected chi connectivity index (χ1v) is 23.2. The molecule has 8 heteroatoms. The Morgan fingerprint density at radius 1 is 0.526 bits per heavy atom. The summed E-state index contributed by atoms with van der Waals surface area (Å²) in [6.45, 7) is 4.44. The van der Waals surface area contributed by atoms with Crippen molar-refractivity contribution in [3.63, 3.8) is 0 Å². The molecular formula is C49H87NO7. The first kappa shape index (κ1) is 54.3. The standard InChI is InChI=1S/C49H87NO7/c1-6-8-10-12-14-16-18-20-21-22-23-24-25-26-27-28-30-31-33-35-37-39-47(51)56-44-45(43-55-42-41-46(49(53)54)50(3,4)5)57-48(52)40-38-36-34-32-29-19-17-15-13-11-9-7-2/h8-11,14-17,45-46H,6-7,12-13,18-44H2,1-5H3/b10-8+,11-9+,16-14+,17-15+. The number of esters is 2.